The van der Waals surface area contributed by atoms with Crippen molar-refractivity contribution in [1.29, 1.82) is 0 Å². The number of aromatic nitrogens is 3. The van der Waals surface area contributed by atoms with E-state index in [4.69, 9.17) is 0 Å². The molecule has 1 heterocycles. The predicted molar refractivity (Wildman–Crippen MR) is 68.0 cm³/mol. The van der Waals surface area contributed by atoms with Crippen molar-refractivity contribution in [2.24, 2.45) is 7.05 Å². The molecule has 112 valence electrons. The molecule has 0 aliphatic heterocycles. The molecule has 0 spiro atoms. The lowest BCUT2D eigenvalue weighted by Crippen LogP contribution is -2.06. The van der Waals surface area contributed by atoms with Crippen LogP contribution in [0.15, 0.2) is 28.3 Å². The summed E-state index contributed by atoms with van der Waals surface area (Å²) < 4.78 is 39.4. The lowest BCUT2D eigenvalue weighted by atomic mass is 10.2. The molecule has 6 nitrogen and oxygen atoms in total. The number of halogens is 3. The van der Waals surface area contributed by atoms with E-state index in [9.17, 15) is 23.3 Å². The predicted octanol–water partition coefficient (Wildman–Crippen LogP) is 3.20. The highest BCUT2D eigenvalue weighted by Crippen LogP contribution is 2.38. The Morgan fingerprint density at radius 2 is 2.00 bits per heavy atom. The minimum Gasteiger partial charge on any atom is -0.309 e. The monoisotopic (exact) mass is 318 g/mol. The van der Waals surface area contributed by atoms with Gasteiger partial charge in [0.05, 0.1) is 15.4 Å². The van der Waals surface area contributed by atoms with Crippen molar-refractivity contribution in [3.8, 4) is 0 Å². The molecule has 0 unspecified atom stereocenters. The molecule has 0 radical (unpaired) electrons. The van der Waals surface area contributed by atoms with Crippen LogP contribution in [0.2, 0.25) is 0 Å². The molecule has 0 bridgehead atoms. The van der Waals surface area contributed by atoms with Gasteiger partial charge < -0.3 is 4.57 Å². The standard InChI is InChI=1S/C11H9F3N4O2S/c1-6-15-16-10(17(6)2)21-9-4-3-7(11(12,13)14)5-8(9)18(19)20/h3-5H,1-2H3. The Kier molecular flexibility index (Phi) is 3.90. The van der Waals surface area contributed by atoms with Gasteiger partial charge in [-0.25, -0.2) is 0 Å². The largest absolute Gasteiger partial charge is 0.416 e. The Hall–Kier alpha value is -2.10. The summed E-state index contributed by atoms with van der Waals surface area (Å²) >= 11 is 0.890. The van der Waals surface area contributed by atoms with Gasteiger partial charge in [-0.3, -0.25) is 10.1 Å². The van der Waals surface area contributed by atoms with Crippen molar-refractivity contribution in [1.82, 2.24) is 14.8 Å². The van der Waals surface area contributed by atoms with Gasteiger partial charge in [0.25, 0.3) is 5.69 Å². The van der Waals surface area contributed by atoms with Crippen LogP contribution in [0.1, 0.15) is 11.4 Å². The van der Waals surface area contributed by atoms with Gasteiger partial charge in [-0.05, 0) is 30.8 Å². The normalized spacial score (nSPS) is 11.7. The van der Waals surface area contributed by atoms with E-state index >= 15 is 0 Å². The van der Waals surface area contributed by atoms with Crippen molar-refractivity contribution < 1.29 is 18.1 Å². The molecule has 1 aromatic carbocycles. The summed E-state index contributed by atoms with van der Waals surface area (Å²) in [5.74, 6) is 0.590. The maximum Gasteiger partial charge on any atom is 0.416 e. The van der Waals surface area contributed by atoms with Gasteiger partial charge in [0.2, 0.25) is 0 Å². The molecule has 0 aliphatic carbocycles. The summed E-state index contributed by atoms with van der Waals surface area (Å²) in [6.07, 6.45) is -4.63. The number of aryl methyl sites for hydroxylation is 1. The van der Waals surface area contributed by atoms with Crippen LogP contribution in [-0.2, 0) is 13.2 Å². The van der Waals surface area contributed by atoms with Crippen molar-refractivity contribution in [2.45, 2.75) is 23.2 Å². The number of nitro groups is 1. The van der Waals surface area contributed by atoms with E-state index in [1.807, 2.05) is 0 Å². The lowest BCUT2D eigenvalue weighted by molar-refractivity contribution is -0.388. The number of benzene rings is 1. The molecule has 0 fully saturated rings. The average Bonchev–Trinajstić information content (AvgIpc) is 2.69. The first kappa shape index (κ1) is 15.3. The number of nitrogens with zero attached hydrogens (tertiary/aromatic N) is 4. The zero-order valence-electron chi connectivity index (χ0n) is 10.9. The third-order valence-corrected chi connectivity index (χ3v) is 3.84. The van der Waals surface area contributed by atoms with Crippen LogP contribution >= 0.6 is 11.8 Å². The first-order valence-electron chi connectivity index (χ1n) is 5.59. The molecule has 2 rings (SSSR count). The SMILES string of the molecule is Cc1nnc(Sc2ccc(C(F)(F)F)cc2[N+](=O)[O-])n1C. The highest BCUT2D eigenvalue weighted by molar-refractivity contribution is 7.99. The highest BCUT2D eigenvalue weighted by atomic mass is 32.2. The van der Waals surface area contributed by atoms with Crippen molar-refractivity contribution >= 4 is 17.4 Å². The summed E-state index contributed by atoms with van der Waals surface area (Å²) in [6, 6.07) is 2.39. The van der Waals surface area contributed by atoms with Crippen LogP contribution in [0.3, 0.4) is 0 Å². The Balaban J connectivity index is 2.44. The van der Waals surface area contributed by atoms with Gasteiger partial charge >= 0.3 is 6.18 Å². The van der Waals surface area contributed by atoms with E-state index in [1.165, 1.54) is 0 Å². The molecule has 0 saturated carbocycles. The number of hydrogen-bond acceptors (Lipinski definition) is 5. The second kappa shape index (κ2) is 5.35. The summed E-state index contributed by atoms with van der Waals surface area (Å²) in [6.45, 7) is 1.69. The number of nitro benzene ring substituents is 1. The summed E-state index contributed by atoms with van der Waals surface area (Å²) in [5, 5.41) is 18.9. The van der Waals surface area contributed by atoms with Gasteiger partial charge in [0, 0.05) is 13.1 Å². The Labute approximate surface area is 121 Å². The van der Waals surface area contributed by atoms with E-state index in [0.717, 1.165) is 23.9 Å². The summed E-state index contributed by atoms with van der Waals surface area (Å²) in [4.78, 5) is 10.2. The number of alkyl halides is 3. The van der Waals surface area contributed by atoms with Crippen LogP contribution in [0.25, 0.3) is 0 Å². The molecule has 2 aromatic rings. The maximum atomic E-state index is 12.6. The molecule has 0 aliphatic rings. The highest BCUT2D eigenvalue weighted by Gasteiger charge is 2.33. The smallest absolute Gasteiger partial charge is 0.309 e. The molecule has 10 heteroatoms. The zero-order valence-corrected chi connectivity index (χ0v) is 11.7. The van der Waals surface area contributed by atoms with Gasteiger partial charge in [0.1, 0.15) is 5.82 Å². The topological polar surface area (TPSA) is 73.8 Å². The molecule has 1 aromatic heterocycles. The minimum absolute atomic E-state index is 0.0727. The lowest BCUT2D eigenvalue weighted by Gasteiger charge is -2.08. The molecular formula is C11H9F3N4O2S. The van der Waals surface area contributed by atoms with Gasteiger partial charge in [-0.2, -0.15) is 13.2 Å². The van der Waals surface area contributed by atoms with Crippen molar-refractivity contribution in [3.05, 3.63) is 39.7 Å². The summed E-state index contributed by atoms with van der Waals surface area (Å²) in [7, 11) is 1.66. The fraction of sp³-hybridized carbons (Fsp3) is 0.273. The fourth-order valence-corrected chi connectivity index (χ4v) is 2.42. The Bertz CT molecular complexity index is 699. The van der Waals surface area contributed by atoms with E-state index < -0.39 is 22.4 Å². The second-order valence-electron chi connectivity index (χ2n) is 4.13. The number of rotatable bonds is 3. The quantitative estimate of drug-likeness (QED) is 0.642. The van der Waals surface area contributed by atoms with Gasteiger partial charge in [-0.1, -0.05) is 0 Å². The molecule has 0 atom stereocenters. The molecule has 0 N–H and O–H groups in total. The molecule has 21 heavy (non-hydrogen) atoms. The first-order chi connectivity index (χ1) is 9.70. The third-order valence-electron chi connectivity index (χ3n) is 2.74. The van der Waals surface area contributed by atoms with E-state index in [-0.39, 0.29) is 4.90 Å². The van der Waals surface area contributed by atoms with Gasteiger partial charge in [-0.15, -0.1) is 10.2 Å². The zero-order chi connectivity index (χ0) is 15.8. The maximum absolute atomic E-state index is 12.6. The van der Waals surface area contributed by atoms with Crippen LogP contribution in [-0.4, -0.2) is 19.7 Å². The fourth-order valence-electron chi connectivity index (χ4n) is 1.50. The minimum atomic E-state index is -4.63. The van der Waals surface area contributed by atoms with E-state index in [2.05, 4.69) is 10.2 Å². The summed E-state index contributed by atoms with van der Waals surface area (Å²) in [5.41, 5.74) is -1.68. The van der Waals surface area contributed by atoms with Crippen molar-refractivity contribution in [2.75, 3.05) is 0 Å². The van der Waals surface area contributed by atoms with Crippen LogP contribution in [0.4, 0.5) is 18.9 Å². The third kappa shape index (κ3) is 3.15. The van der Waals surface area contributed by atoms with E-state index in [1.54, 1.807) is 18.5 Å². The van der Waals surface area contributed by atoms with Gasteiger partial charge in [0.15, 0.2) is 5.16 Å². The number of hydrogen-bond donors (Lipinski definition) is 0. The Morgan fingerprint density at radius 3 is 2.48 bits per heavy atom. The second-order valence-corrected chi connectivity index (χ2v) is 5.14. The van der Waals surface area contributed by atoms with E-state index in [0.29, 0.717) is 17.0 Å². The molecule has 0 saturated heterocycles. The molecular weight excluding hydrogens is 309 g/mol. The Morgan fingerprint density at radius 1 is 1.33 bits per heavy atom. The van der Waals surface area contributed by atoms with Crippen LogP contribution < -0.4 is 0 Å². The average molecular weight is 318 g/mol. The van der Waals surface area contributed by atoms with Crippen LogP contribution in [0.5, 0.6) is 0 Å². The molecule has 0 amide bonds. The first-order valence-corrected chi connectivity index (χ1v) is 6.41. The van der Waals surface area contributed by atoms with Crippen LogP contribution in [0, 0.1) is 17.0 Å². The van der Waals surface area contributed by atoms with Crippen molar-refractivity contribution in [3.63, 3.8) is 0 Å².